The summed E-state index contributed by atoms with van der Waals surface area (Å²) in [4.78, 5) is 3.16. The number of fused-ring (bicyclic) bond motifs is 1. The van der Waals surface area contributed by atoms with Gasteiger partial charge in [-0.05, 0) is 43.5 Å². The number of para-hydroxylation sites is 2. The number of thioether (sulfide) groups is 1. The number of rotatable bonds is 6. The van der Waals surface area contributed by atoms with Crippen molar-refractivity contribution >= 4 is 55.2 Å². The van der Waals surface area contributed by atoms with Crippen LogP contribution in [0.1, 0.15) is 10.6 Å². The Balaban J connectivity index is 0.000000261. The number of hydrogen-bond donors (Lipinski definition) is 0. The lowest BCUT2D eigenvalue weighted by atomic mass is 10.2. The minimum atomic E-state index is -4.27. The molecule has 35 heavy (non-hydrogen) atoms. The number of benzene rings is 3. The van der Waals surface area contributed by atoms with Crippen molar-refractivity contribution in [2.24, 2.45) is 7.05 Å². The van der Waals surface area contributed by atoms with Gasteiger partial charge in [-0.15, -0.1) is 18.2 Å². The Morgan fingerprint density at radius 2 is 1.74 bits per heavy atom. The number of terminal acetylenes is 1. The second kappa shape index (κ2) is 12.0. The Morgan fingerprint density at radius 1 is 1.09 bits per heavy atom. The number of hydrogen-bond acceptors (Lipinski definition) is 6. The predicted octanol–water partition coefficient (Wildman–Crippen LogP) is 5.46. The Bertz CT molecular complexity index is 1470. The molecule has 1 aromatic heterocycles. The van der Waals surface area contributed by atoms with Crippen LogP contribution in [0.4, 0.5) is 5.69 Å². The second-order valence-corrected chi connectivity index (χ2v) is 10.8. The van der Waals surface area contributed by atoms with Crippen LogP contribution in [0.2, 0.25) is 0 Å². The average molecular weight is 523 g/mol. The van der Waals surface area contributed by atoms with Gasteiger partial charge in [0, 0.05) is 23.2 Å². The third-order valence-electron chi connectivity index (χ3n) is 5.13. The zero-order valence-corrected chi connectivity index (χ0v) is 22.2. The fourth-order valence-corrected chi connectivity index (χ4v) is 5.43. The first-order valence-electron chi connectivity index (χ1n) is 10.7. The molecular weight excluding hydrogens is 497 g/mol. The molecule has 1 heterocycles. The summed E-state index contributed by atoms with van der Waals surface area (Å²) in [7, 11) is -2.17. The molecule has 180 valence electrons. The van der Waals surface area contributed by atoms with Crippen LogP contribution in [0.5, 0.6) is 0 Å². The van der Waals surface area contributed by atoms with E-state index in [0.29, 0.717) is 6.54 Å². The van der Waals surface area contributed by atoms with Gasteiger partial charge in [-0.3, -0.25) is 0 Å². The monoisotopic (exact) mass is 522 g/mol. The highest BCUT2D eigenvalue weighted by Crippen LogP contribution is 2.29. The van der Waals surface area contributed by atoms with E-state index < -0.39 is 10.1 Å². The number of aryl methyl sites for hydroxylation is 2. The van der Waals surface area contributed by atoms with Crippen LogP contribution in [0.3, 0.4) is 0 Å². The summed E-state index contributed by atoms with van der Waals surface area (Å²) in [6, 6.07) is 22.6. The quantitative estimate of drug-likeness (QED) is 0.146. The predicted molar refractivity (Wildman–Crippen MR) is 146 cm³/mol. The molecule has 0 saturated heterocycles. The minimum absolute atomic E-state index is 0.178. The van der Waals surface area contributed by atoms with Gasteiger partial charge in [-0.25, -0.2) is 8.42 Å². The third-order valence-corrected chi connectivity index (χ3v) is 7.95. The van der Waals surface area contributed by atoms with E-state index >= 15 is 0 Å². The van der Waals surface area contributed by atoms with E-state index in [0.717, 1.165) is 11.3 Å². The van der Waals surface area contributed by atoms with Crippen LogP contribution in [-0.4, -0.2) is 25.8 Å². The zero-order chi connectivity index (χ0) is 25.4. The van der Waals surface area contributed by atoms with Crippen molar-refractivity contribution in [1.29, 1.82) is 0 Å². The Hall–Kier alpha value is -3.09. The van der Waals surface area contributed by atoms with Gasteiger partial charge in [0.15, 0.2) is 0 Å². The Kier molecular flexibility index (Phi) is 9.13. The lowest BCUT2D eigenvalue weighted by molar-refractivity contribution is -0.642. The number of aromatic nitrogens is 1. The maximum Gasteiger partial charge on any atom is 0.263 e. The molecule has 0 bridgehead atoms. The summed E-state index contributed by atoms with van der Waals surface area (Å²) >= 11 is 3.51. The van der Waals surface area contributed by atoms with Gasteiger partial charge in [0.25, 0.3) is 5.01 Å². The van der Waals surface area contributed by atoms with E-state index in [-0.39, 0.29) is 4.90 Å². The van der Waals surface area contributed by atoms with Gasteiger partial charge in [-0.1, -0.05) is 59.2 Å². The summed E-state index contributed by atoms with van der Waals surface area (Å²) in [6.07, 6.45) is 11.9. The smallest absolute Gasteiger partial charge is 0.263 e. The van der Waals surface area contributed by atoms with Crippen LogP contribution in [0.25, 0.3) is 16.3 Å². The Morgan fingerprint density at radius 3 is 2.37 bits per heavy atom. The number of nitrogens with zero attached hydrogens (tertiary/aromatic N) is 2. The highest BCUT2D eigenvalue weighted by atomic mass is 32.2. The van der Waals surface area contributed by atoms with Gasteiger partial charge in [0.2, 0.25) is 5.52 Å². The van der Waals surface area contributed by atoms with Crippen molar-refractivity contribution in [3.63, 3.8) is 0 Å². The second-order valence-electron chi connectivity index (χ2n) is 7.55. The first-order valence-corrected chi connectivity index (χ1v) is 14.1. The van der Waals surface area contributed by atoms with E-state index in [9.17, 15) is 13.0 Å². The Labute approximate surface area is 215 Å². The van der Waals surface area contributed by atoms with Crippen molar-refractivity contribution in [2.45, 2.75) is 16.7 Å². The third kappa shape index (κ3) is 6.96. The van der Waals surface area contributed by atoms with E-state index in [4.69, 9.17) is 6.42 Å². The first-order chi connectivity index (χ1) is 16.7. The molecule has 0 aliphatic carbocycles. The largest absolute Gasteiger partial charge is 0.744 e. The summed E-state index contributed by atoms with van der Waals surface area (Å²) in [5, 5.41) is 1.19. The van der Waals surface area contributed by atoms with Crippen LogP contribution >= 0.6 is 23.1 Å². The molecule has 0 N–H and O–H groups in total. The van der Waals surface area contributed by atoms with Gasteiger partial charge in [-0.2, -0.15) is 4.57 Å². The maximum atomic E-state index is 10.4. The molecule has 0 saturated carbocycles. The molecule has 0 spiro atoms. The summed E-state index contributed by atoms with van der Waals surface area (Å²) in [5.41, 5.74) is 3.32. The fraction of sp³-hybridized carbons (Fsp3) is 0.148. The van der Waals surface area contributed by atoms with Crippen LogP contribution in [-0.2, 0) is 17.2 Å². The molecule has 8 heteroatoms. The molecule has 0 unspecified atom stereocenters. The van der Waals surface area contributed by atoms with E-state index in [1.807, 2.05) is 13.0 Å². The number of anilines is 1. The standard InChI is InChI=1S/C20H19N2S2.C7H8O3S/c1-4-14-22(17-10-6-7-11-18(17)23-3)15-13-20-21(2)16-9-5-8-12-19(16)24-20;1-6-2-4-7(5-3-6)11(8,9)10/h1,5-13,15H,14H2,2-3H3;2-5H,1H3,(H,8,9,10)/q+1;/p-1. The molecule has 0 amide bonds. The minimum Gasteiger partial charge on any atom is -0.744 e. The summed E-state index contributed by atoms with van der Waals surface area (Å²) < 4.78 is 34.7. The van der Waals surface area contributed by atoms with Crippen molar-refractivity contribution in [3.05, 3.63) is 89.6 Å². The van der Waals surface area contributed by atoms with Crippen molar-refractivity contribution in [1.82, 2.24) is 0 Å². The molecule has 0 aliphatic rings. The van der Waals surface area contributed by atoms with Crippen LogP contribution in [0.15, 0.2) is 88.8 Å². The van der Waals surface area contributed by atoms with E-state index in [1.165, 1.54) is 32.3 Å². The SMILES string of the molecule is C#CCN(C=Cc1sc2ccccc2[n+]1C)c1ccccc1SC.Cc1ccc(S(=O)(=O)[O-])cc1. The van der Waals surface area contributed by atoms with Crippen molar-refractivity contribution < 1.29 is 17.5 Å². The van der Waals surface area contributed by atoms with Gasteiger partial charge < -0.3 is 9.45 Å². The molecular formula is C27H26N2O3S3. The summed E-state index contributed by atoms with van der Waals surface area (Å²) in [6.45, 7) is 2.36. The average Bonchev–Trinajstić information content (AvgIpc) is 3.17. The van der Waals surface area contributed by atoms with E-state index in [1.54, 1.807) is 35.2 Å². The lowest BCUT2D eigenvalue weighted by Crippen LogP contribution is -2.29. The highest BCUT2D eigenvalue weighted by molar-refractivity contribution is 7.98. The lowest BCUT2D eigenvalue weighted by Gasteiger charge is -2.20. The van der Waals surface area contributed by atoms with Gasteiger partial charge in [0.1, 0.15) is 21.9 Å². The summed E-state index contributed by atoms with van der Waals surface area (Å²) in [5.74, 6) is 2.76. The normalized spacial score (nSPS) is 11.2. The molecule has 4 aromatic rings. The molecule has 3 aromatic carbocycles. The van der Waals surface area contributed by atoms with Crippen LogP contribution < -0.4 is 9.47 Å². The maximum absolute atomic E-state index is 10.4. The molecule has 0 aliphatic heterocycles. The van der Waals surface area contributed by atoms with Crippen molar-refractivity contribution in [3.8, 4) is 12.3 Å². The molecule has 5 nitrogen and oxygen atoms in total. The fourth-order valence-electron chi connectivity index (χ4n) is 3.31. The topological polar surface area (TPSA) is 64.3 Å². The number of thiazole rings is 1. The zero-order valence-electron chi connectivity index (χ0n) is 19.7. The van der Waals surface area contributed by atoms with Crippen molar-refractivity contribution in [2.75, 3.05) is 17.7 Å². The van der Waals surface area contributed by atoms with Gasteiger partial charge in [0.05, 0.1) is 17.1 Å². The molecule has 0 radical (unpaired) electrons. The molecule has 0 fully saturated rings. The highest BCUT2D eigenvalue weighted by Gasteiger charge is 2.14. The molecule has 4 rings (SSSR count). The first kappa shape index (κ1) is 26.5. The van der Waals surface area contributed by atoms with E-state index in [2.05, 4.69) is 83.4 Å². The molecule has 0 atom stereocenters. The van der Waals surface area contributed by atoms with Crippen LogP contribution in [0, 0.1) is 19.3 Å². The van der Waals surface area contributed by atoms with Gasteiger partial charge >= 0.3 is 0 Å².